The van der Waals surface area contributed by atoms with E-state index in [1.165, 1.54) is 5.56 Å². The van der Waals surface area contributed by atoms with Crippen LogP contribution in [-0.2, 0) is 13.1 Å². The number of aromatic nitrogens is 2. The maximum Gasteiger partial charge on any atom is 0.271 e. The molecule has 5 heteroatoms. The highest BCUT2D eigenvalue weighted by atomic mass is 35.5. The fraction of sp³-hybridized carbons (Fsp3) is 0.333. The van der Waals surface area contributed by atoms with E-state index in [-0.39, 0.29) is 5.91 Å². The molecule has 0 fully saturated rings. The third-order valence-electron chi connectivity index (χ3n) is 3.14. The molecule has 0 atom stereocenters. The summed E-state index contributed by atoms with van der Waals surface area (Å²) in [6.07, 6.45) is 0. The van der Waals surface area contributed by atoms with Crippen molar-refractivity contribution < 1.29 is 4.79 Å². The molecular weight excluding hydrogens is 274 g/mol. The number of hydrogen-bond acceptors (Lipinski definition) is 2. The first-order valence-electron chi connectivity index (χ1n) is 6.59. The number of carbonyl (C=O) groups is 1. The zero-order chi connectivity index (χ0) is 14.7. The molecule has 1 N–H and O–H groups in total. The molecule has 0 spiro atoms. The van der Waals surface area contributed by atoms with Crippen LogP contribution in [0.25, 0.3) is 0 Å². The monoisotopic (exact) mass is 291 g/mol. The summed E-state index contributed by atoms with van der Waals surface area (Å²) in [7, 11) is 0. The van der Waals surface area contributed by atoms with E-state index in [2.05, 4.69) is 10.4 Å². The number of carbonyl (C=O) groups excluding carboxylic acids is 1. The van der Waals surface area contributed by atoms with Crippen molar-refractivity contribution in [2.75, 3.05) is 0 Å². The molecule has 1 heterocycles. The predicted octanol–water partition coefficient (Wildman–Crippen LogP) is 3.10. The average Bonchev–Trinajstić information content (AvgIpc) is 2.73. The van der Waals surface area contributed by atoms with Crippen molar-refractivity contribution in [3.8, 4) is 0 Å². The Hall–Kier alpha value is -1.81. The van der Waals surface area contributed by atoms with Crippen molar-refractivity contribution >= 4 is 17.5 Å². The minimum absolute atomic E-state index is 0.196. The van der Waals surface area contributed by atoms with Crippen molar-refractivity contribution in [2.24, 2.45) is 0 Å². The van der Waals surface area contributed by atoms with E-state index in [0.29, 0.717) is 29.5 Å². The summed E-state index contributed by atoms with van der Waals surface area (Å²) in [5.74, 6) is -0.196. The average molecular weight is 292 g/mol. The lowest BCUT2D eigenvalue weighted by Gasteiger charge is -2.07. The van der Waals surface area contributed by atoms with E-state index in [1.54, 1.807) is 11.6 Å². The zero-order valence-corrected chi connectivity index (χ0v) is 12.7. The molecule has 1 aromatic carbocycles. The Morgan fingerprint density at radius 2 is 1.95 bits per heavy atom. The van der Waals surface area contributed by atoms with Gasteiger partial charge < -0.3 is 5.32 Å². The number of amides is 1. The highest BCUT2D eigenvalue weighted by Crippen LogP contribution is 2.20. The molecule has 1 aromatic heterocycles. The quantitative estimate of drug-likeness (QED) is 0.941. The Morgan fingerprint density at radius 1 is 1.30 bits per heavy atom. The van der Waals surface area contributed by atoms with Crippen molar-refractivity contribution in [1.29, 1.82) is 0 Å². The first-order chi connectivity index (χ1) is 9.52. The van der Waals surface area contributed by atoms with Crippen LogP contribution in [0.5, 0.6) is 0 Å². The van der Waals surface area contributed by atoms with Gasteiger partial charge in [0.2, 0.25) is 0 Å². The number of nitrogens with zero attached hydrogens (tertiary/aromatic N) is 2. The Bertz CT molecular complexity index is 617. The standard InChI is InChI=1S/C15H18ClN3O/c1-4-19-14(13(16)11(3)18-19)15(20)17-9-12-7-5-10(2)6-8-12/h5-8H,4,9H2,1-3H3,(H,17,20). The first-order valence-corrected chi connectivity index (χ1v) is 6.97. The molecule has 4 nitrogen and oxygen atoms in total. The summed E-state index contributed by atoms with van der Waals surface area (Å²) >= 11 is 6.15. The normalized spacial score (nSPS) is 10.6. The lowest BCUT2D eigenvalue weighted by atomic mass is 10.1. The van der Waals surface area contributed by atoms with Crippen LogP contribution in [0.1, 0.15) is 34.2 Å². The molecule has 0 aliphatic carbocycles. The van der Waals surface area contributed by atoms with Gasteiger partial charge in [0.25, 0.3) is 5.91 Å². The van der Waals surface area contributed by atoms with Gasteiger partial charge >= 0.3 is 0 Å². The molecule has 0 saturated carbocycles. The maximum atomic E-state index is 12.2. The Labute approximate surface area is 123 Å². The summed E-state index contributed by atoms with van der Waals surface area (Å²) in [5.41, 5.74) is 3.36. The molecule has 20 heavy (non-hydrogen) atoms. The molecule has 1 amide bonds. The fourth-order valence-electron chi connectivity index (χ4n) is 1.98. The van der Waals surface area contributed by atoms with E-state index >= 15 is 0 Å². The molecule has 2 aromatic rings. The van der Waals surface area contributed by atoms with Crippen LogP contribution in [0.4, 0.5) is 0 Å². The maximum absolute atomic E-state index is 12.2. The molecule has 0 unspecified atom stereocenters. The molecule has 0 saturated heterocycles. The van der Waals surface area contributed by atoms with Gasteiger partial charge in [-0.05, 0) is 26.3 Å². The number of benzene rings is 1. The molecule has 2 rings (SSSR count). The van der Waals surface area contributed by atoms with Crippen molar-refractivity contribution in [3.63, 3.8) is 0 Å². The van der Waals surface area contributed by atoms with E-state index < -0.39 is 0 Å². The third kappa shape index (κ3) is 3.02. The Balaban J connectivity index is 2.11. The first kappa shape index (κ1) is 14.6. The second-order valence-corrected chi connectivity index (χ2v) is 5.11. The topological polar surface area (TPSA) is 46.9 Å². The molecule has 106 valence electrons. The Morgan fingerprint density at radius 3 is 2.55 bits per heavy atom. The van der Waals surface area contributed by atoms with Gasteiger partial charge in [0.05, 0.1) is 10.7 Å². The van der Waals surface area contributed by atoms with E-state index in [1.807, 2.05) is 38.1 Å². The summed E-state index contributed by atoms with van der Waals surface area (Å²) in [6.45, 7) is 6.85. The van der Waals surface area contributed by atoms with E-state index in [9.17, 15) is 4.79 Å². The SMILES string of the molecule is CCn1nc(C)c(Cl)c1C(=O)NCc1ccc(C)cc1. The number of halogens is 1. The lowest BCUT2D eigenvalue weighted by Crippen LogP contribution is -2.26. The highest BCUT2D eigenvalue weighted by molar-refractivity contribution is 6.34. The Kier molecular flexibility index (Phi) is 4.45. The predicted molar refractivity (Wildman–Crippen MR) is 80.0 cm³/mol. The molecular formula is C15H18ClN3O. The molecule has 0 aliphatic rings. The van der Waals surface area contributed by atoms with Gasteiger partial charge in [-0.3, -0.25) is 9.48 Å². The second kappa shape index (κ2) is 6.09. The molecule has 0 aliphatic heterocycles. The van der Waals surface area contributed by atoms with Gasteiger partial charge in [-0.1, -0.05) is 41.4 Å². The van der Waals surface area contributed by atoms with Crippen LogP contribution < -0.4 is 5.32 Å². The van der Waals surface area contributed by atoms with Crippen LogP contribution in [0.15, 0.2) is 24.3 Å². The number of hydrogen-bond donors (Lipinski definition) is 1. The summed E-state index contributed by atoms with van der Waals surface area (Å²) in [4.78, 5) is 12.2. The van der Waals surface area contributed by atoms with Gasteiger partial charge in [-0.2, -0.15) is 5.10 Å². The second-order valence-electron chi connectivity index (χ2n) is 4.73. The fourth-order valence-corrected chi connectivity index (χ4v) is 2.20. The smallest absolute Gasteiger partial charge is 0.271 e. The minimum Gasteiger partial charge on any atom is -0.347 e. The molecule has 0 radical (unpaired) electrons. The van der Waals surface area contributed by atoms with Crippen LogP contribution in [0.2, 0.25) is 5.02 Å². The highest BCUT2D eigenvalue weighted by Gasteiger charge is 2.19. The third-order valence-corrected chi connectivity index (χ3v) is 3.60. The summed E-state index contributed by atoms with van der Waals surface area (Å²) < 4.78 is 1.63. The molecule has 0 bridgehead atoms. The van der Waals surface area contributed by atoms with Gasteiger partial charge in [-0.25, -0.2) is 0 Å². The van der Waals surface area contributed by atoms with Crippen molar-refractivity contribution in [1.82, 2.24) is 15.1 Å². The van der Waals surface area contributed by atoms with Crippen LogP contribution in [0.3, 0.4) is 0 Å². The summed E-state index contributed by atoms with van der Waals surface area (Å²) in [5, 5.41) is 7.54. The van der Waals surface area contributed by atoms with Crippen LogP contribution >= 0.6 is 11.6 Å². The van der Waals surface area contributed by atoms with Gasteiger partial charge in [-0.15, -0.1) is 0 Å². The van der Waals surface area contributed by atoms with Crippen LogP contribution in [-0.4, -0.2) is 15.7 Å². The van der Waals surface area contributed by atoms with Crippen molar-refractivity contribution in [3.05, 3.63) is 51.8 Å². The lowest BCUT2D eigenvalue weighted by molar-refractivity contribution is 0.0940. The van der Waals surface area contributed by atoms with Gasteiger partial charge in [0, 0.05) is 13.1 Å². The number of nitrogens with one attached hydrogen (secondary N) is 1. The van der Waals surface area contributed by atoms with E-state index in [4.69, 9.17) is 11.6 Å². The summed E-state index contributed by atoms with van der Waals surface area (Å²) in [6, 6.07) is 8.04. The zero-order valence-electron chi connectivity index (χ0n) is 11.9. The van der Waals surface area contributed by atoms with Crippen molar-refractivity contribution in [2.45, 2.75) is 33.9 Å². The number of rotatable bonds is 4. The minimum atomic E-state index is -0.196. The largest absolute Gasteiger partial charge is 0.347 e. The van der Waals surface area contributed by atoms with Gasteiger partial charge in [0.15, 0.2) is 0 Å². The number of aryl methyl sites for hydroxylation is 3. The van der Waals surface area contributed by atoms with Crippen LogP contribution in [0, 0.1) is 13.8 Å². The van der Waals surface area contributed by atoms with E-state index in [0.717, 1.165) is 5.56 Å². The van der Waals surface area contributed by atoms with Gasteiger partial charge in [0.1, 0.15) is 5.69 Å².